The van der Waals surface area contributed by atoms with Crippen molar-refractivity contribution < 1.29 is 4.39 Å². The number of aromatic nitrogens is 1. The van der Waals surface area contributed by atoms with E-state index in [2.05, 4.69) is 4.98 Å². The third-order valence-corrected chi connectivity index (χ3v) is 3.70. The summed E-state index contributed by atoms with van der Waals surface area (Å²) < 4.78 is 13.4. The largest absolute Gasteiger partial charge is 0.326 e. The molecule has 0 saturated carbocycles. The zero-order chi connectivity index (χ0) is 13.8. The summed E-state index contributed by atoms with van der Waals surface area (Å²) in [6, 6.07) is 9.05. The van der Waals surface area contributed by atoms with Gasteiger partial charge in [-0.25, -0.2) is 9.37 Å². The zero-order valence-electron chi connectivity index (χ0n) is 11.1. The van der Waals surface area contributed by atoms with E-state index in [1.807, 2.05) is 32.0 Å². The van der Waals surface area contributed by atoms with Gasteiger partial charge in [-0.3, -0.25) is 0 Å². The molecule has 2 rings (SSSR count). The lowest BCUT2D eigenvalue weighted by molar-refractivity contribution is 0.624. The molecule has 4 heteroatoms. The molecule has 2 aromatic rings. The predicted octanol–water partition coefficient (Wildman–Crippen LogP) is 3.59. The molecule has 1 aromatic carbocycles. The van der Waals surface area contributed by atoms with E-state index in [9.17, 15) is 4.39 Å². The molecule has 0 atom stereocenters. The number of hydrogen-bond acceptors (Lipinski definition) is 3. The van der Waals surface area contributed by atoms with Gasteiger partial charge in [-0.2, -0.15) is 0 Å². The van der Waals surface area contributed by atoms with Crippen LogP contribution < -0.4 is 5.73 Å². The normalized spacial score (nSPS) is 10.7. The molecule has 0 aliphatic heterocycles. The fourth-order valence-electron chi connectivity index (χ4n) is 1.95. The first-order valence-corrected chi connectivity index (χ1v) is 7.12. The molecule has 0 bridgehead atoms. The second-order valence-electron chi connectivity index (χ2n) is 4.58. The summed E-state index contributed by atoms with van der Waals surface area (Å²) in [5.74, 6) is 0.465. The van der Waals surface area contributed by atoms with Gasteiger partial charge < -0.3 is 5.73 Å². The van der Waals surface area contributed by atoms with Crippen molar-refractivity contribution in [2.75, 3.05) is 0 Å². The molecule has 1 heterocycles. The van der Waals surface area contributed by atoms with Crippen molar-refractivity contribution in [2.24, 2.45) is 5.73 Å². The van der Waals surface area contributed by atoms with E-state index in [1.165, 1.54) is 11.6 Å². The van der Waals surface area contributed by atoms with Gasteiger partial charge in [0.15, 0.2) is 0 Å². The van der Waals surface area contributed by atoms with Gasteiger partial charge in [0.2, 0.25) is 0 Å². The molecule has 0 radical (unpaired) electrons. The van der Waals surface area contributed by atoms with Crippen molar-refractivity contribution in [3.05, 3.63) is 58.5 Å². The van der Waals surface area contributed by atoms with Gasteiger partial charge in [0.25, 0.3) is 0 Å². The lowest BCUT2D eigenvalue weighted by Crippen LogP contribution is -1.98. The maximum absolute atomic E-state index is 13.4. The van der Waals surface area contributed by atoms with Crippen LogP contribution in [0.5, 0.6) is 0 Å². The van der Waals surface area contributed by atoms with Crippen molar-refractivity contribution in [1.29, 1.82) is 0 Å². The molecule has 2 nitrogen and oxygen atoms in total. The van der Waals surface area contributed by atoms with Gasteiger partial charge in [-0.05, 0) is 54.8 Å². The molecule has 0 fully saturated rings. The molecule has 0 aliphatic carbocycles. The van der Waals surface area contributed by atoms with Crippen LogP contribution in [0.2, 0.25) is 0 Å². The Morgan fingerprint density at radius 1 is 1.11 bits per heavy atom. The Kier molecular flexibility index (Phi) is 4.56. The molecule has 0 saturated heterocycles. The predicted molar refractivity (Wildman–Crippen MR) is 77.6 cm³/mol. The van der Waals surface area contributed by atoms with Crippen LogP contribution in [-0.2, 0) is 12.3 Å². The van der Waals surface area contributed by atoms with Crippen molar-refractivity contribution in [3.63, 3.8) is 0 Å². The highest BCUT2D eigenvalue weighted by atomic mass is 32.2. The molecule has 1 aromatic heterocycles. The molecule has 100 valence electrons. The molecule has 19 heavy (non-hydrogen) atoms. The Morgan fingerprint density at radius 2 is 1.84 bits per heavy atom. The molecule has 2 N–H and O–H groups in total. The number of pyridine rings is 1. The lowest BCUT2D eigenvalue weighted by Gasteiger charge is -2.06. The van der Waals surface area contributed by atoms with Crippen LogP contribution in [0.15, 0.2) is 35.4 Å². The number of thioether (sulfide) groups is 1. The van der Waals surface area contributed by atoms with Gasteiger partial charge in [0.1, 0.15) is 5.82 Å². The van der Waals surface area contributed by atoms with Crippen LogP contribution in [0.4, 0.5) is 4.39 Å². The van der Waals surface area contributed by atoms with E-state index in [0.29, 0.717) is 12.3 Å². The fourth-order valence-corrected chi connectivity index (χ4v) is 2.91. The third-order valence-electron chi connectivity index (χ3n) is 2.71. The van der Waals surface area contributed by atoms with Gasteiger partial charge in [0.05, 0.1) is 5.03 Å². The first-order valence-electron chi connectivity index (χ1n) is 6.13. The minimum absolute atomic E-state index is 0.230. The molecular weight excluding hydrogens is 259 g/mol. The van der Waals surface area contributed by atoms with Crippen molar-refractivity contribution in [1.82, 2.24) is 4.98 Å². The quantitative estimate of drug-likeness (QED) is 0.867. The van der Waals surface area contributed by atoms with Crippen molar-refractivity contribution in [2.45, 2.75) is 31.2 Å². The summed E-state index contributed by atoms with van der Waals surface area (Å²) in [7, 11) is 0. The first kappa shape index (κ1) is 14.0. The van der Waals surface area contributed by atoms with Crippen LogP contribution in [0, 0.1) is 19.7 Å². The second-order valence-corrected chi connectivity index (χ2v) is 5.58. The second kappa shape index (κ2) is 6.17. The number of halogens is 1. The Bertz CT molecular complexity index is 564. The smallest absolute Gasteiger partial charge is 0.123 e. The Labute approximate surface area is 117 Å². The van der Waals surface area contributed by atoms with Gasteiger partial charge in [-0.15, -0.1) is 11.8 Å². The zero-order valence-corrected chi connectivity index (χ0v) is 11.9. The number of benzene rings is 1. The monoisotopic (exact) mass is 276 g/mol. The van der Waals surface area contributed by atoms with E-state index in [0.717, 1.165) is 21.8 Å². The number of hydrogen-bond donors (Lipinski definition) is 1. The minimum Gasteiger partial charge on any atom is -0.326 e. The Morgan fingerprint density at radius 3 is 2.53 bits per heavy atom. The molecule has 0 amide bonds. The molecule has 0 aliphatic rings. The highest BCUT2D eigenvalue weighted by Crippen LogP contribution is 2.23. The SMILES string of the molecule is Cc1cc(C)nc(SCc2cc(F)cc(CN)c2)c1. The maximum atomic E-state index is 13.4. The average molecular weight is 276 g/mol. The third kappa shape index (κ3) is 4.04. The van der Waals surface area contributed by atoms with E-state index in [4.69, 9.17) is 5.73 Å². The fraction of sp³-hybridized carbons (Fsp3) is 0.267. The van der Waals surface area contributed by atoms with Gasteiger partial charge in [-0.1, -0.05) is 6.07 Å². The van der Waals surface area contributed by atoms with E-state index in [1.54, 1.807) is 17.8 Å². The van der Waals surface area contributed by atoms with Crippen LogP contribution in [0.3, 0.4) is 0 Å². The van der Waals surface area contributed by atoms with Crippen LogP contribution in [-0.4, -0.2) is 4.98 Å². The summed E-state index contributed by atoms with van der Waals surface area (Å²) in [5.41, 5.74) is 9.50. The van der Waals surface area contributed by atoms with E-state index in [-0.39, 0.29) is 5.82 Å². The highest BCUT2D eigenvalue weighted by Gasteiger charge is 2.03. The van der Waals surface area contributed by atoms with Gasteiger partial charge >= 0.3 is 0 Å². The van der Waals surface area contributed by atoms with E-state index < -0.39 is 0 Å². The maximum Gasteiger partial charge on any atom is 0.123 e. The summed E-state index contributed by atoms with van der Waals surface area (Å²) >= 11 is 1.61. The first-order chi connectivity index (χ1) is 9.06. The summed E-state index contributed by atoms with van der Waals surface area (Å²) in [6.45, 7) is 4.39. The number of nitrogens with zero attached hydrogens (tertiary/aromatic N) is 1. The number of rotatable bonds is 4. The summed E-state index contributed by atoms with van der Waals surface area (Å²) in [5, 5.41) is 0.969. The number of nitrogens with two attached hydrogens (primary N) is 1. The summed E-state index contributed by atoms with van der Waals surface area (Å²) in [4.78, 5) is 4.46. The Hall–Kier alpha value is -1.39. The van der Waals surface area contributed by atoms with Crippen molar-refractivity contribution >= 4 is 11.8 Å². The van der Waals surface area contributed by atoms with Crippen LogP contribution in [0.1, 0.15) is 22.4 Å². The van der Waals surface area contributed by atoms with E-state index >= 15 is 0 Å². The topological polar surface area (TPSA) is 38.9 Å². The molecule has 0 unspecified atom stereocenters. The van der Waals surface area contributed by atoms with Crippen LogP contribution >= 0.6 is 11.8 Å². The molecule has 0 spiro atoms. The molecular formula is C15H17FN2S. The standard InChI is InChI=1S/C15H17FN2S/c1-10-3-11(2)18-15(4-10)19-9-13-5-12(8-17)6-14(16)7-13/h3-7H,8-9,17H2,1-2H3. The minimum atomic E-state index is -0.230. The number of aryl methyl sites for hydroxylation is 2. The summed E-state index contributed by atoms with van der Waals surface area (Å²) in [6.07, 6.45) is 0. The highest BCUT2D eigenvalue weighted by molar-refractivity contribution is 7.98. The Balaban J connectivity index is 2.11. The van der Waals surface area contributed by atoms with Crippen molar-refractivity contribution in [3.8, 4) is 0 Å². The van der Waals surface area contributed by atoms with Crippen LogP contribution in [0.25, 0.3) is 0 Å². The average Bonchev–Trinajstić information content (AvgIpc) is 2.34. The van der Waals surface area contributed by atoms with Gasteiger partial charge in [0, 0.05) is 18.0 Å². The lowest BCUT2D eigenvalue weighted by atomic mass is 10.1.